The van der Waals surface area contributed by atoms with Crippen molar-refractivity contribution < 1.29 is 32.3 Å². The monoisotopic (exact) mass is 334 g/mol. The van der Waals surface area contributed by atoms with Gasteiger partial charge in [-0.1, -0.05) is 18.5 Å². The summed E-state index contributed by atoms with van der Waals surface area (Å²) in [5.74, 6) is -11.4. The Morgan fingerprint density at radius 3 is 2.13 bits per heavy atom. The molecule has 1 rings (SSSR count). The summed E-state index contributed by atoms with van der Waals surface area (Å²) >= 11 is 0. The number of carboxylic acid groups (broad SMARTS) is 1. The Kier molecular flexibility index (Phi) is 5.91. The third-order valence-electron chi connectivity index (χ3n) is 2.79. The summed E-state index contributed by atoms with van der Waals surface area (Å²) in [6.45, 7) is 1.59. The predicted octanol–water partition coefficient (Wildman–Crippen LogP) is 3.17. The minimum Gasteiger partial charge on any atom is -0.480 e. The van der Waals surface area contributed by atoms with Gasteiger partial charge in [0.1, 0.15) is 17.3 Å². The Bertz CT molecular complexity index is 675. The molecule has 0 fully saturated rings. The van der Waals surface area contributed by atoms with Crippen LogP contribution in [-0.4, -0.2) is 23.0 Å². The number of benzene rings is 1. The minimum atomic E-state index is -2.09. The van der Waals surface area contributed by atoms with Gasteiger partial charge >= 0.3 is 5.97 Å². The molecule has 124 valence electrons. The molecule has 23 heavy (non-hydrogen) atoms. The quantitative estimate of drug-likeness (QED) is 0.274. The summed E-state index contributed by atoms with van der Waals surface area (Å²) in [6.07, 6.45) is 0.257. The standard InChI is InChI=1S/C12H10F4N4O3/c1-2-3-4(12(22)23)18-11(21)5-6(13)8(15)10(19-20-17)9(16)7(5)14/h4H,2-3H2,1H3,(H,18,21)(H,22,23). The SMILES string of the molecule is CCCC(NC(=O)c1c(F)c(F)c(N=[N+]=[N-])c(F)c1F)C(=O)O. The molecule has 7 nitrogen and oxygen atoms in total. The predicted molar refractivity (Wildman–Crippen MR) is 68.9 cm³/mol. The van der Waals surface area contributed by atoms with Crippen LogP contribution in [0.3, 0.4) is 0 Å². The summed E-state index contributed by atoms with van der Waals surface area (Å²) < 4.78 is 54.6. The minimum absolute atomic E-state index is 0.0634. The largest absolute Gasteiger partial charge is 0.480 e. The molecule has 2 N–H and O–H groups in total. The lowest BCUT2D eigenvalue weighted by molar-refractivity contribution is -0.139. The second kappa shape index (κ2) is 7.45. The van der Waals surface area contributed by atoms with E-state index in [1.54, 1.807) is 12.2 Å². The molecule has 11 heteroatoms. The van der Waals surface area contributed by atoms with E-state index in [2.05, 4.69) is 5.11 Å². The van der Waals surface area contributed by atoms with Gasteiger partial charge < -0.3 is 10.4 Å². The molecule has 1 aromatic carbocycles. The first-order valence-corrected chi connectivity index (χ1v) is 6.20. The number of amides is 1. The summed E-state index contributed by atoms with van der Waals surface area (Å²) in [4.78, 5) is 24.7. The van der Waals surface area contributed by atoms with E-state index in [0.717, 1.165) is 0 Å². The van der Waals surface area contributed by atoms with E-state index < -0.39 is 52.4 Å². The van der Waals surface area contributed by atoms with Crippen molar-refractivity contribution in [3.8, 4) is 0 Å². The maximum absolute atomic E-state index is 13.7. The van der Waals surface area contributed by atoms with Gasteiger partial charge in [-0.05, 0) is 12.0 Å². The molecule has 1 amide bonds. The first-order valence-electron chi connectivity index (χ1n) is 6.20. The molecule has 1 atom stereocenters. The van der Waals surface area contributed by atoms with Gasteiger partial charge in [0, 0.05) is 4.91 Å². The Morgan fingerprint density at radius 2 is 1.74 bits per heavy atom. The maximum Gasteiger partial charge on any atom is 0.326 e. The number of carboxylic acids is 1. The molecule has 0 saturated carbocycles. The van der Waals surface area contributed by atoms with Crippen molar-refractivity contribution in [3.63, 3.8) is 0 Å². The Balaban J connectivity index is 3.35. The van der Waals surface area contributed by atoms with Crippen LogP contribution in [0, 0.1) is 23.3 Å². The number of hydrogen-bond acceptors (Lipinski definition) is 3. The highest BCUT2D eigenvalue weighted by Crippen LogP contribution is 2.30. The first kappa shape index (κ1) is 18.2. The van der Waals surface area contributed by atoms with E-state index >= 15 is 0 Å². The van der Waals surface area contributed by atoms with Gasteiger partial charge in [0.2, 0.25) is 0 Å². The Morgan fingerprint density at radius 1 is 1.22 bits per heavy atom. The third-order valence-corrected chi connectivity index (χ3v) is 2.79. The van der Waals surface area contributed by atoms with Gasteiger partial charge in [0.25, 0.3) is 5.91 Å². The molecule has 0 spiro atoms. The van der Waals surface area contributed by atoms with Crippen LogP contribution < -0.4 is 5.32 Å². The molecule has 0 radical (unpaired) electrons. The maximum atomic E-state index is 13.7. The van der Waals surface area contributed by atoms with Crippen molar-refractivity contribution in [1.82, 2.24) is 5.32 Å². The van der Waals surface area contributed by atoms with Crippen LogP contribution in [-0.2, 0) is 4.79 Å². The Labute approximate surface area is 126 Å². The second-order valence-electron chi connectivity index (χ2n) is 4.32. The van der Waals surface area contributed by atoms with E-state index in [1.807, 2.05) is 4.91 Å². The summed E-state index contributed by atoms with van der Waals surface area (Å²) in [6, 6.07) is -1.49. The zero-order valence-corrected chi connectivity index (χ0v) is 11.6. The fraction of sp³-hybridized carbons (Fsp3) is 0.333. The molecule has 0 aliphatic rings. The highest BCUT2D eigenvalue weighted by atomic mass is 19.2. The lowest BCUT2D eigenvalue weighted by atomic mass is 10.1. The van der Waals surface area contributed by atoms with Crippen molar-refractivity contribution in [2.24, 2.45) is 5.11 Å². The number of halogens is 4. The van der Waals surface area contributed by atoms with Crippen LogP contribution in [0.2, 0.25) is 0 Å². The lowest BCUT2D eigenvalue weighted by Crippen LogP contribution is -2.41. The molecular weight excluding hydrogens is 324 g/mol. The average Bonchev–Trinajstić information content (AvgIpc) is 2.49. The van der Waals surface area contributed by atoms with Crippen LogP contribution in [0.5, 0.6) is 0 Å². The molecule has 0 aliphatic heterocycles. The summed E-state index contributed by atoms with van der Waals surface area (Å²) in [5.41, 5.74) is 4.90. The van der Waals surface area contributed by atoms with Crippen molar-refractivity contribution in [1.29, 1.82) is 0 Å². The highest BCUT2D eigenvalue weighted by molar-refractivity contribution is 5.97. The smallest absolute Gasteiger partial charge is 0.326 e. The second-order valence-corrected chi connectivity index (χ2v) is 4.32. The van der Waals surface area contributed by atoms with Gasteiger partial charge in [0.15, 0.2) is 23.3 Å². The van der Waals surface area contributed by atoms with E-state index in [4.69, 9.17) is 10.6 Å². The van der Waals surface area contributed by atoms with Crippen molar-refractivity contribution in [2.75, 3.05) is 0 Å². The summed E-state index contributed by atoms with van der Waals surface area (Å²) in [7, 11) is 0. The number of nitrogens with one attached hydrogen (secondary N) is 1. The van der Waals surface area contributed by atoms with Gasteiger partial charge in [0.05, 0.1) is 0 Å². The lowest BCUT2D eigenvalue weighted by Gasteiger charge is -2.15. The number of carbonyl (C=O) groups is 2. The fourth-order valence-corrected chi connectivity index (χ4v) is 1.73. The molecule has 0 bridgehead atoms. The van der Waals surface area contributed by atoms with Crippen molar-refractivity contribution in [2.45, 2.75) is 25.8 Å². The zero-order valence-electron chi connectivity index (χ0n) is 11.6. The topological polar surface area (TPSA) is 115 Å². The first-order chi connectivity index (χ1) is 10.8. The number of carbonyl (C=O) groups excluding carboxylic acids is 1. The van der Waals surface area contributed by atoms with Crippen LogP contribution >= 0.6 is 0 Å². The fourth-order valence-electron chi connectivity index (χ4n) is 1.73. The third kappa shape index (κ3) is 3.69. The van der Waals surface area contributed by atoms with Crippen LogP contribution in [0.15, 0.2) is 5.11 Å². The van der Waals surface area contributed by atoms with Crippen LogP contribution in [0.4, 0.5) is 23.2 Å². The van der Waals surface area contributed by atoms with Gasteiger partial charge in [-0.15, -0.1) is 0 Å². The van der Waals surface area contributed by atoms with Gasteiger partial charge in [-0.25, -0.2) is 22.4 Å². The molecular formula is C12H10F4N4O3. The molecule has 1 unspecified atom stereocenters. The number of rotatable bonds is 6. The van der Waals surface area contributed by atoms with E-state index in [9.17, 15) is 27.2 Å². The number of hydrogen-bond donors (Lipinski definition) is 2. The van der Waals surface area contributed by atoms with Crippen molar-refractivity contribution >= 4 is 17.6 Å². The molecule has 0 aromatic heterocycles. The molecule has 1 aromatic rings. The number of azide groups is 1. The van der Waals surface area contributed by atoms with E-state index in [-0.39, 0.29) is 6.42 Å². The molecule has 0 saturated heterocycles. The number of nitrogens with zero attached hydrogens (tertiary/aromatic N) is 3. The van der Waals surface area contributed by atoms with Crippen molar-refractivity contribution in [3.05, 3.63) is 39.3 Å². The normalized spacial score (nSPS) is 11.5. The van der Waals surface area contributed by atoms with Gasteiger partial charge in [-0.2, -0.15) is 0 Å². The number of aliphatic carboxylic acids is 1. The van der Waals surface area contributed by atoms with E-state index in [0.29, 0.717) is 6.42 Å². The highest BCUT2D eigenvalue weighted by Gasteiger charge is 2.31. The molecule has 0 heterocycles. The average molecular weight is 334 g/mol. The van der Waals surface area contributed by atoms with Crippen LogP contribution in [0.25, 0.3) is 10.4 Å². The van der Waals surface area contributed by atoms with Gasteiger partial charge in [-0.3, -0.25) is 4.79 Å². The van der Waals surface area contributed by atoms with Crippen LogP contribution in [0.1, 0.15) is 30.1 Å². The zero-order chi connectivity index (χ0) is 17.7. The molecule has 0 aliphatic carbocycles. The Hall–Kier alpha value is -2.81. The van der Waals surface area contributed by atoms with E-state index in [1.165, 1.54) is 0 Å². The summed E-state index contributed by atoms with van der Waals surface area (Å²) in [5, 5.41) is 13.1.